The molecule has 0 aromatic heterocycles. The molecule has 0 aromatic rings. The van der Waals surface area contributed by atoms with Crippen molar-refractivity contribution < 1.29 is 29.6 Å². The quantitative estimate of drug-likeness (QED) is 0.0237. The van der Waals surface area contributed by atoms with Crippen molar-refractivity contribution in [1.29, 1.82) is 0 Å². The third kappa shape index (κ3) is 82.5. The third-order valence-electron chi connectivity index (χ3n) is 7.51. The molecule has 0 spiro atoms. The molecule has 0 aliphatic heterocycles. The van der Waals surface area contributed by atoms with Crippen molar-refractivity contribution in [3.8, 4) is 0 Å². The molecule has 0 fully saturated rings. The van der Waals surface area contributed by atoms with E-state index < -0.39 is 18.3 Å². The van der Waals surface area contributed by atoms with Gasteiger partial charge in [-0.05, 0) is 64.2 Å². The maximum Gasteiger partial charge on any atom is 3.00 e. The van der Waals surface area contributed by atoms with E-state index in [-0.39, 0.29) is 29.3 Å². The summed E-state index contributed by atoms with van der Waals surface area (Å²) >= 11 is 0. The minimum Gasteiger partial charge on any atom is -0.852 e. The minimum absolute atomic E-state index is 0. The Labute approximate surface area is 335 Å². The van der Waals surface area contributed by atoms with E-state index in [9.17, 15) is 24.9 Å². The summed E-state index contributed by atoms with van der Waals surface area (Å²) in [5.74, 6) is -0.684. The van der Waals surface area contributed by atoms with Gasteiger partial charge >= 0.3 is 29.3 Å². The van der Waals surface area contributed by atoms with Gasteiger partial charge in [-0.2, -0.15) is 0 Å². The van der Waals surface area contributed by atoms with Gasteiger partial charge < -0.3 is 20.1 Å². The molecule has 0 bridgehead atoms. The Morgan fingerprint density at radius 2 is 0.596 bits per heavy atom. The SMILES string of the molecule is CC(C)[O-].CC(C)[O-].CC(C)[O-].CCCCCCCC/C=C\CCCCCCCC(=O)OC(=O)CCCCCCC/C=C\CCCCCCCC.[Al+3]. The fraction of sp³-hybridized carbons (Fsp3) is 0.867. The molecule has 0 aliphatic carbocycles. The molecule has 0 aliphatic rings. The van der Waals surface area contributed by atoms with Crippen LogP contribution in [0.25, 0.3) is 0 Å². The number of carbonyl (C=O) groups excluding carboxylic acids is 2. The van der Waals surface area contributed by atoms with E-state index in [1.54, 1.807) is 41.5 Å². The van der Waals surface area contributed by atoms with Gasteiger partial charge in [0.05, 0.1) is 0 Å². The van der Waals surface area contributed by atoms with Gasteiger partial charge in [0.1, 0.15) is 0 Å². The van der Waals surface area contributed by atoms with Gasteiger partial charge in [0, 0.05) is 12.8 Å². The maximum absolute atomic E-state index is 11.9. The van der Waals surface area contributed by atoms with Crippen molar-refractivity contribution >= 4 is 29.3 Å². The molecule has 6 nitrogen and oxygen atoms in total. The van der Waals surface area contributed by atoms with Crippen LogP contribution in [0.3, 0.4) is 0 Å². The van der Waals surface area contributed by atoms with Gasteiger partial charge in [-0.1, -0.05) is 182 Å². The number of allylic oxidation sites excluding steroid dienone is 4. The van der Waals surface area contributed by atoms with Gasteiger partial charge in [-0.25, -0.2) is 0 Å². The molecule has 0 amide bonds. The second kappa shape index (κ2) is 54.4. The Balaban J connectivity index is -0.000000487. The van der Waals surface area contributed by atoms with E-state index in [2.05, 4.69) is 38.2 Å². The Bertz CT molecular complexity index is 648. The first-order valence-corrected chi connectivity index (χ1v) is 21.4. The van der Waals surface area contributed by atoms with Gasteiger partial charge in [-0.3, -0.25) is 9.59 Å². The summed E-state index contributed by atoms with van der Waals surface area (Å²) in [6, 6.07) is 0. The van der Waals surface area contributed by atoms with E-state index in [0.29, 0.717) is 12.8 Å². The van der Waals surface area contributed by atoms with Crippen LogP contribution in [-0.2, 0) is 14.3 Å². The summed E-state index contributed by atoms with van der Waals surface area (Å²) < 4.78 is 4.99. The minimum atomic E-state index is -0.417. The van der Waals surface area contributed by atoms with E-state index in [0.717, 1.165) is 38.5 Å². The monoisotopic (exact) mass is 751 g/mol. The maximum atomic E-state index is 11.9. The van der Waals surface area contributed by atoms with Gasteiger partial charge in [0.15, 0.2) is 0 Å². The summed E-state index contributed by atoms with van der Waals surface area (Å²) in [7, 11) is 0. The number of ether oxygens (including phenoxy) is 1. The van der Waals surface area contributed by atoms with Crippen molar-refractivity contribution in [2.45, 2.75) is 253 Å². The molecule has 0 atom stereocenters. The van der Waals surface area contributed by atoms with Crippen molar-refractivity contribution in [2.75, 3.05) is 0 Å². The number of esters is 2. The molecule has 0 saturated carbocycles. The van der Waals surface area contributed by atoms with Gasteiger partial charge in [0.2, 0.25) is 0 Å². The topological polar surface area (TPSA) is 113 Å². The van der Waals surface area contributed by atoms with Crippen LogP contribution in [0.15, 0.2) is 24.3 Å². The van der Waals surface area contributed by atoms with Crippen LogP contribution >= 0.6 is 0 Å². The molecular formula is C45H87AlO6. The summed E-state index contributed by atoms with van der Waals surface area (Å²) in [4.78, 5) is 23.8. The fourth-order valence-electron chi connectivity index (χ4n) is 4.91. The van der Waals surface area contributed by atoms with Crippen LogP contribution in [0.2, 0.25) is 0 Å². The molecule has 306 valence electrons. The van der Waals surface area contributed by atoms with E-state index >= 15 is 0 Å². The zero-order valence-electron chi connectivity index (χ0n) is 35.9. The van der Waals surface area contributed by atoms with E-state index in [4.69, 9.17) is 4.74 Å². The first-order chi connectivity index (χ1) is 24.4. The van der Waals surface area contributed by atoms with Crippen LogP contribution in [0.1, 0.15) is 235 Å². The Kier molecular flexibility index (Phi) is 63.0. The Morgan fingerprint density at radius 3 is 0.827 bits per heavy atom. The Hall–Kier alpha value is -0.968. The predicted molar refractivity (Wildman–Crippen MR) is 221 cm³/mol. The fourth-order valence-corrected chi connectivity index (χ4v) is 4.91. The molecule has 0 rings (SSSR count). The number of rotatable bonds is 30. The second-order valence-corrected chi connectivity index (χ2v) is 14.7. The van der Waals surface area contributed by atoms with Crippen molar-refractivity contribution in [2.24, 2.45) is 0 Å². The first kappa shape index (κ1) is 60.3. The second-order valence-electron chi connectivity index (χ2n) is 14.7. The summed E-state index contributed by atoms with van der Waals surface area (Å²) in [6.07, 6.45) is 41.0. The molecule has 0 unspecified atom stereocenters. The van der Waals surface area contributed by atoms with Crippen molar-refractivity contribution in [3.05, 3.63) is 24.3 Å². The summed E-state index contributed by atoms with van der Waals surface area (Å²) in [5, 5.41) is 28.6. The summed E-state index contributed by atoms with van der Waals surface area (Å²) in [5.41, 5.74) is 0. The number of carbonyl (C=O) groups is 2. The number of hydrogen-bond donors (Lipinski definition) is 0. The molecule has 52 heavy (non-hydrogen) atoms. The molecular weight excluding hydrogens is 663 g/mol. The van der Waals surface area contributed by atoms with Crippen LogP contribution in [0.5, 0.6) is 0 Å². The number of hydrogen-bond acceptors (Lipinski definition) is 6. The first-order valence-electron chi connectivity index (χ1n) is 21.4. The Morgan fingerprint density at radius 1 is 0.404 bits per heavy atom. The zero-order valence-corrected chi connectivity index (χ0v) is 37.0. The van der Waals surface area contributed by atoms with E-state index in [1.165, 1.54) is 128 Å². The zero-order chi connectivity index (χ0) is 39.2. The van der Waals surface area contributed by atoms with Gasteiger partial charge in [0.25, 0.3) is 0 Å². The van der Waals surface area contributed by atoms with Crippen molar-refractivity contribution in [3.63, 3.8) is 0 Å². The molecule has 0 N–H and O–H groups in total. The molecule has 7 heteroatoms. The average molecular weight is 751 g/mol. The van der Waals surface area contributed by atoms with Crippen LogP contribution in [-0.4, -0.2) is 47.6 Å². The standard InChI is InChI=1S/C36H66O3.3C3H7O.Al/c1-3-5-7-9-11-13-15-17-19-21-23-25-27-29-31-33-35(37)39-36(38)34-32-30-28-26-24-22-20-18-16-14-12-10-8-6-4-2;3*1-3(2)4;/h17-20H,3-16,21-34H2,1-2H3;3*3H,1-2H3;/q;3*-1;+3/b19-17-,20-18-;;;;. The van der Waals surface area contributed by atoms with Crippen LogP contribution < -0.4 is 15.3 Å². The van der Waals surface area contributed by atoms with E-state index in [1.807, 2.05) is 0 Å². The third-order valence-corrected chi connectivity index (χ3v) is 7.51. The van der Waals surface area contributed by atoms with Crippen LogP contribution in [0, 0.1) is 0 Å². The molecule has 0 aromatic carbocycles. The van der Waals surface area contributed by atoms with Crippen LogP contribution in [0.4, 0.5) is 0 Å². The van der Waals surface area contributed by atoms with Gasteiger partial charge in [-0.15, -0.1) is 18.3 Å². The molecule has 0 heterocycles. The smallest absolute Gasteiger partial charge is 0.852 e. The normalized spacial score (nSPS) is 10.8. The van der Waals surface area contributed by atoms with Crippen molar-refractivity contribution in [1.82, 2.24) is 0 Å². The molecule has 0 radical (unpaired) electrons. The predicted octanol–water partition coefficient (Wildman–Crippen LogP) is 11.0. The average Bonchev–Trinajstić information content (AvgIpc) is 3.04. The number of unbranched alkanes of at least 4 members (excludes halogenated alkanes) is 22. The largest absolute Gasteiger partial charge is 3.00 e. The summed E-state index contributed by atoms with van der Waals surface area (Å²) in [6.45, 7) is 14.2. The molecule has 0 saturated heterocycles.